The van der Waals surface area contributed by atoms with Gasteiger partial charge in [-0.2, -0.15) is 0 Å². The van der Waals surface area contributed by atoms with Crippen molar-refractivity contribution in [3.63, 3.8) is 0 Å². The lowest BCUT2D eigenvalue weighted by Gasteiger charge is -2.39. The second-order valence-electron chi connectivity index (χ2n) is 5.73. The van der Waals surface area contributed by atoms with Crippen LogP contribution in [0.25, 0.3) is 0 Å². The quantitative estimate of drug-likeness (QED) is 0.673. The van der Waals surface area contributed by atoms with Gasteiger partial charge in [-0.15, -0.1) is 0 Å². The molecule has 0 saturated carbocycles. The fourth-order valence-electron chi connectivity index (χ4n) is 2.98. The summed E-state index contributed by atoms with van der Waals surface area (Å²) in [5, 5.41) is 0. The second-order valence-corrected chi connectivity index (χ2v) is 5.73. The predicted molar refractivity (Wildman–Crippen MR) is 66.6 cm³/mol. The fraction of sp³-hybridized carbons (Fsp3) is 1.00. The summed E-state index contributed by atoms with van der Waals surface area (Å²) < 4.78 is 5.64. The van der Waals surface area contributed by atoms with Crippen molar-refractivity contribution in [1.29, 1.82) is 0 Å². The molecule has 0 aliphatic carbocycles. The van der Waals surface area contributed by atoms with Gasteiger partial charge in [-0.3, -0.25) is 9.80 Å². The van der Waals surface area contributed by atoms with Crippen LogP contribution in [-0.4, -0.2) is 60.8 Å². The van der Waals surface area contributed by atoms with Gasteiger partial charge in [-0.25, -0.2) is 0 Å². The first kappa shape index (κ1) is 12.3. The average Bonchev–Trinajstić information content (AvgIpc) is 2.38. The lowest BCUT2D eigenvalue weighted by molar-refractivity contribution is -0.0304. The summed E-state index contributed by atoms with van der Waals surface area (Å²) in [4.78, 5) is 5.27. The molecule has 94 valence electrons. The molecule has 16 heavy (non-hydrogen) atoms. The number of morpholine rings is 1. The van der Waals surface area contributed by atoms with Gasteiger partial charge in [-0.05, 0) is 26.7 Å². The molecule has 0 bridgehead atoms. The Labute approximate surface area is 99.7 Å². The molecule has 0 radical (unpaired) electrons. The molecule has 3 atom stereocenters. The number of ether oxygens (including phenoxy) is 1. The topological polar surface area (TPSA) is 15.7 Å². The molecule has 3 nitrogen and oxygen atoms in total. The van der Waals surface area contributed by atoms with Gasteiger partial charge in [0.25, 0.3) is 0 Å². The molecule has 2 aliphatic heterocycles. The highest BCUT2D eigenvalue weighted by Gasteiger charge is 2.35. The maximum atomic E-state index is 5.64. The molecule has 3 heteroatoms. The average molecular weight is 226 g/mol. The third-order valence-corrected chi connectivity index (χ3v) is 4.32. The van der Waals surface area contributed by atoms with Crippen LogP contribution in [0.5, 0.6) is 0 Å². The summed E-state index contributed by atoms with van der Waals surface area (Å²) in [6, 6.07) is 1.95. The molecular formula is C13H26N2O. The maximum absolute atomic E-state index is 5.64. The molecule has 0 aromatic heterocycles. The van der Waals surface area contributed by atoms with E-state index in [4.69, 9.17) is 4.74 Å². The van der Waals surface area contributed by atoms with E-state index >= 15 is 0 Å². The van der Waals surface area contributed by atoms with Gasteiger partial charge in [0, 0.05) is 37.8 Å². The summed E-state index contributed by atoms with van der Waals surface area (Å²) in [5.74, 6) is 0.755. The van der Waals surface area contributed by atoms with E-state index in [0.29, 0.717) is 18.1 Å². The molecule has 0 N–H and O–H groups in total. The van der Waals surface area contributed by atoms with Crippen molar-refractivity contribution >= 4 is 0 Å². The Kier molecular flexibility index (Phi) is 3.88. The van der Waals surface area contributed by atoms with Crippen LogP contribution in [0.15, 0.2) is 0 Å². The predicted octanol–water partition coefficient (Wildman–Crippen LogP) is 1.44. The van der Waals surface area contributed by atoms with E-state index in [0.717, 1.165) is 25.7 Å². The minimum absolute atomic E-state index is 0.607. The van der Waals surface area contributed by atoms with Gasteiger partial charge in [0.15, 0.2) is 0 Å². The molecule has 0 aromatic rings. The Morgan fingerprint density at radius 2 is 1.94 bits per heavy atom. The zero-order valence-electron chi connectivity index (χ0n) is 11.1. The van der Waals surface area contributed by atoms with Gasteiger partial charge >= 0.3 is 0 Å². The molecule has 0 amide bonds. The third kappa shape index (κ3) is 2.41. The van der Waals surface area contributed by atoms with E-state index in [2.05, 4.69) is 37.5 Å². The number of nitrogens with zero attached hydrogens (tertiary/aromatic N) is 2. The SMILES string of the molecule is CC(C)N1CC2COCCN2[C@H](C)[C@H](C)C1. The molecule has 2 rings (SSSR count). The van der Waals surface area contributed by atoms with E-state index in [-0.39, 0.29) is 0 Å². The van der Waals surface area contributed by atoms with Crippen molar-refractivity contribution in [1.82, 2.24) is 9.80 Å². The second kappa shape index (κ2) is 5.03. The first-order valence-corrected chi connectivity index (χ1v) is 6.67. The number of hydrogen-bond acceptors (Lipinski definition) is 3. The Bertz CT molecular complexity index is 232. The minimum Gasteiger partial charge on any atom is -0.378 e. The molecule has 0 spiro atoms. The number of rotatable bonds is 1. The molecule has 1 unspecified atom stereocenters. The molecule has 2 saturated heterocycles. The van der Waals surface area contributed by atoms with Crippen LogP contribution in [0, 0.1) is 5.92 Å². The first-order chi connectivity index (χ1) is 7.59. The monoisotopic (exact) mass is 226 g/mol. The smallest absolute Gasteiger partial charge is 0.0635 e. The van der Waals surface area contributed by atoms with Crippen LogP contribution in [0.3, 0.4) is 0 Å². The summed E-state index contributed by atoms with van der Waals surface area (Å²) >= 11 is 0. The van der Waals surface area contributed by atoms with Crippen molar-refractivity contribution in [3.05, 3.63) is 0 Å². The molecule has 2 fully saturated rings. The summed E-state index contributed by atoms with van der Waals surface area (Å²) in [6.45, 7) is 14.7. The Balaban J connectivity index is 2.12. The van der Waals surface area contributed by atoms with E-state index < -0.39 is 0 Å². The summed E-state index contributed by atoms with van der Waals surface area (Å²) in [5.41, 5.74) is 0. The van der Waals surface area contributed by atoms with Crippen molar-refractivity contribution in [2.45, 2.75) is 45.8 Å². The normalized spacial score (nSPS) is 38.4. The van der Waals surface area contributed by atoms with Crippen molar-refractivity contribution in [2.24, 2.45) is 5.92 Å². The van der Waals surface area contributed by atoms with Crippen LogP contribution >= 0.6 is 0 Å². The summed E-state index contributed by atoms with van der Waals surface area (Å²) in [7, 11) is 0. The van der Waals surface area contributed by atoms with Crippen LogP contribution < -0.4 is 0 Å². The molecular weight excluding hydrogens is 200 g/mol. The standard InChI is InChI=1S/C13H26N2O/c1-10(2)14-7-11(3)12(4)15-5-6-16-9-13(15)8-14/h10-13H,5-9H2,1-4H3/t11-,12-,13?/m1/s1. The van der Waals surface area contributed by atoms with Crippen LogP contribution in [0.1, 0.15) is 27.7 Å². The van der Waals surface area contributed by atoms with Gasteiger partial charge in [0.1, 0.15) is 0 Å². The van der Waals surface area contributed by atoms with Crippen molar-refractivity contribution in [2.75, 3.05) is 32.8 Å². The highest BCUT2D eigenvalue weighted by molar-refractivity contribution is 4.90. The van der Waals surface area contributed by atoms with Gasteiger partial charge in [0.05, 0.1) is 13.2 Å². The van der Waals surface area contributed by atoms with Crippen molar-refractivity contribution in [3.8, 4) is 0 Å². The highest BCUT2D eigenvalue weighted by atomic mass is 16.5. The first-order valence-electron chi connectivity index (χ1n) is 6.67. The lowest BCUT2D eigenvalue weighted by Crippen LogP contribution is -2.52. The van der Waals surface area contributed by atoms with Gasteiger partial charge < -0.3 is 4.74 Å². The van der Waals surface area contributed by atoms with Gasteiger partial charge in [-0.1, -0.05) is 6.92 Å². The van der Waals surface area contributed by atoms with E-state index in [9.17, 15) is 0 Å². The number of hydrogen-bond donors (Lipinski definition) is 0. The Morgan fingerprint density at radius 3 is 2.62 bits per heavy atom. The molecule has 2 aliphatic rings. The molecule has 2 heterocycles. The third-order valence-electron chi connectivity index (χ3n) is 4.32. The molecule has 0 aromatic carbocycles. The minimum atomic E-state index is 0.607. The fourth-order valence-corrected chi connectivity index (χ4v) is 2.98. The van der Waals surface area contributed by atoms with Crippen LogP contribution in [0.4, 0.5) is 0 Å². The van der Waals surface area contributed by atoms with Gasteiger partial charge in [0.2, 0.25) is 0 Å². The zero-order chi connectivity index (χ0) is 11.7. The largest absolute Gasteiger partial charge is 0.378 e. The van der Waals surface area contributed by atoms with Crippen LogP contribution in [0.2, 0.25) is 0 Å². The summed E-state index contributed by atoms with van der Waals surface area (Å²) in [6.07, 6.45) is 0. The Hall–Kier alpha value is -0.120. The van der Waals surface area contributed by atoms with Crippen molar-refractivity contribution < 1.29 is 4.74 Å². The zero-order valence-corrected chi connectivity index (χ0v) is 11.1. The van der Waals surface area contributed by atoms with Crippen LogP contribution in [-0.2, 0) is 4.74 Å². The number of fused-ring (bicyclic) bond motifs is 1. The highest BCUT2D eigenvalue weighted by Crippen LogP contribution is 2.24. The maximum Gasteiger partial charge on any atom is 0.0635 e. The lowest BCUT2D eigenvalue weighted by atomic mass is 10.0. The Morgan fingerprint density at radius 1 is 1.19 bits per heavy atom. The van der Waals surface area contributed by atoms with E-state index in [1.807, 2.05) is 0 Å². The van der Waals surface area contributed by atoms with E-state index in [1.54, 1.807) is 0 Å². The van der Waals surface area contributed by atoms with E-state index in [1.165, 1.54) is 13.1 Å².